The lowest BCUT2D eigenvalue weighted by Gasteiger charge is -2.17. The van der Waals surface area contributed by atoms with Gasteiger partial charge in [0.2, 0.25) is 0 Å². The van der Waals surface area contributed by atoms with Crippen molar-refractivity contribution in [2.75, 3.05) is 0 Å². The van der Waals surface area contributed by atoms with E-state index in [2.05, 4.69) is 33.9 Å². The van der Waals surface area contributed by atoms with Crippen molar-refractivity contribution in [3.8, 4) is 0 Å². The fourth-order valence-corrected chi connectivity index (χ4v) is 2.60. The molecule has 0 saturated heterocycles. The third-order valence-electron chi connectivity index (χ3n) is 3.79. The number of nitrogens with two attached hydrogens (primary N) is 1. The van der Waals surface area contributed by atoms with Crippen LogP contribution >= 0.6 is 0 Å². The minimum absolute atomic E-state index is 0.00171. The van der Waals surface area contributed by atoms with Crippen molar-refractivity contribution in [3.63, 3.8) is 0 Å². The fraction of sp³-hybridized carbons (Fsp3) is 0.571. The molecule has 0 spiro atoms. The third kappa shape index (κ3) is 2.76. The molecule has 6 heteroatoms. The highest BCUT2D eigenvalue weighted by atomic mass is 15.3. The Morgan fingerprint density at radius 2 is 2.15 bits per heavy atom. The monoisotopic (exact) mass is 276 g/mol. The van der Waals surface area contributed by atoms with Crippen LogP contribution in [-0.2, 0) is 20.0 Å². The first-order valence-corrected chi connectivity index (χ1v) is 7.04. The number of nitrogens with zero attached hydrogens (tertiary/aromatic N) is 4. The van der Waals surface area contributed by atoms with Crippen LogP contribution in [0.5, 0.6) is 0 Å². The molecule has 0 aliphatic carbocycles. The van der Waals surface area contributed by atoms with Crippen LogP contribution < -0.4 is 11.3 Å². The molecule has 3 N–H and O–H groups in total. The van der Waals surface area contributed by atoms with Gasteiger partial charge in [-0.25, -0.2) is 10.4 Å². The lowest BCUT2D eigenvalue weighted by Crippen LogP contribution is -2.32. The second-order valence-electron chi connectivity index (χ2n) is 5.18. The van der Waals surface area contributed by atoms with Gasteiger partial charge in [0.1, 0.15) is 5.82 Å². The molecule has 0 aliphatic heterocycles. The van der Waals surface area contributed by atoms with E-state index in [1.54, 1.807) is 0 Å². The van der Waals surface area contributed by atoms with Crippen molar-refractivity contribution in [1.82, 2.24) is 24.8 Å². The SMILES string of the molecule is CCCn1ccnc1C(Cc1c(C)nn(C)c1C)NN. The Hall–Kier alpha value is -1.66. The molecule has 0 saturated carbocycles. The van der Waals surface area contributed by atoms with E-state index in [4.69, 9.17) is 5.84 Å². The Balaban J connectivity index is 2.26. The number of imidazole rings is 1. The molecule has 0 radical (unpaired) electrons. The van der Waals surface area contributed by atoms with Gasteiger partial charge in [0.05, 0.1) is 11.7 Å². The summed E-state index contributed by atoms with van der Waals surface area (Å²) in [7, 11) is 1.97. The highest BCUT2D eigenvalue weighted by molar-refractivity contribution is 5.26. The van der Waals surface area contributed by atoms with E-state index in [0.717, 1.165) is 30.9 Å². The third-order valence-corrected chi connectivity index (χ3v) is 3.79. The molecule has 0 aromatic carbocycles. The molecule has 2 aromatic rings. The molecule has 110 valence electrons. The first-order chi connectivity index (χ1) is 9.58. The van der Waals surface area contributed by atoms with Crippen LogP contribution in [0.4, 0.5) is 0 Å². The van der Waals surface area contributed by atoms with Gasteiger partial charge in [-0.05, 0) is 32.3 Å². The average molecular weight is 276 g/mol. The second kappa shape index (κ2) is 6.19. The molecule has 0 bridgehead atoms. The number of rotatable bonds is 6. The molecule has 6 nitrogen and oxygen atoms in total. The van der Waals surface area contributed by atoms with Gasteiger partial charge < -0.3 is 4.57 Å². The summed E-state index contributed by atoms with van der Waals surface area (Å²) >= 11 is 0. The van der Waals surface area contributed by atoms with E-state index in [-0.39, 0.29) is 6.04 Å². The van der Waals surface area contributed by atoms with E-state index in [9.17, 15) is 0 Å². The molecule has 2 heterocycles. The summed E-state index contributed by atoms with van der Waals surface area (Å²) in [6, 6.07) is -0.00171. The number of aromatic nitrogens is 4. The smallest absolute Gasteiger partial charge is 0.127 e. The number of nitrogens with one attached hydrogen (secondary N) is 1. The summed E-state index contributed by atoms with van der Waals surface area (Å²) in [4.78, 5) is 4.46. The molecule has 1 atom stereocenters. The predicted molar refractivity (Wildman–Crippen MR) is 79.0 cm³/mol. The molecule has 0 aliphatic rings. The minimum atomic E-state index is -0.00171. The molecule has 0 amide bonds. The van der Waals surface area contributed by atoms with Crippen molar-refractivity contribution in [3.05, 3.63) is 35.2 Å². The maximum Gasteiger partial charge on any atom is 0.127 e. The highest BCUT2D eigenvalue weighted by Gasteiger charge is 2.20. The van der Waals surface area contributed by atoms with Gasteiger partial charge in [-0.2, -0.15) is 5.10 Å². The largest absolute Gasteiger partial charge is 0.334 e. The summed E-state index contributed by atoms with van der Waals surface area (Å²) in [5, 5.41) is 4.46. The zero-order valence-corrected chi connectivity index (χ0v) is 12.7. The summed E-state index contributed by atoms with van der Waals surface area (Å²) < 4.78 is 4.07. The average Bonchev–Trinajstić information content (AvgIpc) is 2.96. The van der Waals surface area contributed by atoms with E-state index in [1.165, 1.54) is 11.3 Å². The van der Waals surface area contributed by atoms with Crippen molar-refractivity contribution >= 4 is 0 Å². The number of hydrogen-bond donors (Lipinski definition) is 2. The van der Waals surface area contributed by atoms with Crippen LogP contribution in [0.2, 0.25) is 0 Å². The summed E-state index contributed by atoms with van der Waals surface area (Å²) in [5.74, 6) is 6.74. The quantitative estimate of drug-likeness (QED) is 0.617. The van der Waals surface area contributed by atoms with Gasteiger partial charge in [-0.1, -0.05) is 6.92 Å². The van der Waals surface area contributed by atoms with Gasteiger partial charge in [0.25, 0.3) is 0 Å². The Morgan fingerprint density at radius 3 is 2.70 bits per heavy atom. The maximum atomic E-state index is 5.75. The Morgan fingerprint density at radius 1 is 1.40 bits per heavy atom. The molecule has 20 heavy (non-hydrogen) atoms. The Labute approximate surface area is 120 Å². The van der Waals surface area contributed by atoms with Crippen LogP contribution in [0.15, 0.2) is 12.4 Å². The Bertz CT molecular complexity index is 568. The molecule has 2 rings (SSSR count). The first kappa shape index (κ1) is 14.7. The van der Waals surface area contributed by atoms with Gasteiger partial charge in [0, 0.05) is 31.7 Å². The van der Waals surface area contributed by atoms with Crippen molar-refractivity contribution < 1.29 is 0 Å². The predicted octanol–water partition coefficient (Wildman–Crippen LogP) is 1.39. The first-order valence-electron chi connectivity index (χ1n) is 7.04. The van der Waals surface area contributed by atoms with E-state index < -0.39 is 0 Å². The van der Waals surface area contributed by atoms with Crippen molar-refractivity contribution in [1.29, 1.82) is 0 Å². The van der Waals surface area contributed by atoms with Crippen LogP contribution in [0.1, 0.15) is 42.2 Å². The summed E-state index contributed by atoms with van der Waals surface area (Å²) in [5.41, 5.74) is 6.36. The molecule has 1 unspecified atom stereocenters. The van der Waals surface area contributed by atoms with Crippen LogP contribution in [0, 0.1) is 13.8 Å². The van der Waals surface area contributed by atoms with Gasteiger partial charge in [-0.3, -0.25) is 10.5 Å². The second-order valence-corrected chi connectivity index (χ2v) is 5.18. The molecule has 2 aromatic heterocycles. The lowest BCUT2D eigenvalue weighted by atomic mass is 10.0. The molecular formula is C14H24N6. The van der Waals surface area contributed by atoms with Crippen molar-refractivity contribution in [2.45, 2.75) is 46.2 Å². The Kier molecular flexibility index (Phi) is 4.57. The highest BCUT2D eigenvalue weighted by Crippen LogP contribution is 2.21. The number of aryl methyl sites for hydroxylation is 3. The van der Waals surface area contributed by atoms with Gasteiger partial charge in [0.15, 0.2) is 0 Å². The van der Waals surface area contributed by atoms with E-state index >= 15 is 0 Å². The van der Waals surface area contributed by atoms with Crippen LogP contribution in [-0.4, -0.2) is 19.3 Å². The summed E-state index contributed by atoms with van der Waals surface area (Å²) in [6.45, 7) is 7.23. The van der Waals surface area contributed by atoms with Crippen molar-refractivity contribution in [2.24, 2.45) is 12.9 Å². The zero-order chi connectivity index (χ0) is 14.7. The number of hydrazine groups is 1. The standard InChI is InChI=1S/C14H24N6/c1-5-7-20-8-6-16-14(20)13(17-15)9-12-10(2)18-19(4)11(12)3/h6,8,13,17H,5,7,9,15H2,1-4H3. The zero-order valence-electron chi connectivity index (χ0n) is 12.7. The normalized spacial score (nSPS) is 12.8. The fourth-order valence-electron chi connectivity index (χ4n) is 2.60. The van der Waals surface area contributed by atoms with E-state index in [0.29, 0.717) is 0 Å². The lowest BCUT2D eigenvalue weighted by molar-refractivity contribution is 0.486. The molecule has 0 fully saturated rings. The van der Waals surface area contributed by atoms with Gasteiger partial charge >= 0.3 is 0 Å². The van der Waals surface area contributed by atoms with Crippen LogP contribution in [0.3, 0.4) is 0 Å². The van der Waals surface area contributed by atoms with E-state index in [1.807, 2.05) is 31.0 Å². The maximum absolute atomic E-state index is 5.75. The summed E-state index contributed by atoms with van der Waals surface area (Å²) in [6.07, 6.45) is 5.71. The van der Waals surface area contributed by atoms with Gasteiger partial charge in [-0.15, -0.1) is 0 Å². The van der Waals surface area contributed by atoms with Crippen LogP contribution in [0.25, 0.3) is 0 Å². The molecular weight excluding hydrogens is 252 g/mol. The minimum Gasteiger partial charge on any atom is -0.334 e. The topological polar surface area (TPSA) is 73.7 Å². The number of hydrogen-bond acceptors (Lipinski definition) is 4.